The molecule has 0 radical (unpaired) electrons. The molecule has 0 saturated heterocycles. The Kier molecular flexibility index (Phi) is 4.56. The van der Waals surface area contributed by atoms with Gasteiger partial charge in [0.25, 0.3) is 0 Å². The Hall–Kier alpha value is -0.810. The fraction of sp³-hybridized carbons (Fsp3) is 0.875. The quantitative estimate of drug-likeness (QED) is 0.238. The summed E-state index contributed by atoms with van der Waals surface area (Å²) in [5.74, 6) is 0.870. The van der Waals surface area contributed by atoms with Gasteiger partial charge in [-0.1, -0.05) is 0 Å². The molecule has 4 N–H and O–H groups in total. The number of guanidine groups is 1. The van der Waals surface area contributed by atoms with Crippen LogP contribution in [0.5, 0.6) is 0 Å². The summed E-state index contributed by atoms with van der Waals surface area (Å²) < 4.78 is 5.38. The fourth-order valence-corrected chi connectivity index (χ4v) is 0.936. The van der Waals surface area contributed by atoms with Gasteiger partial charge in [-0.15, -0.1) is 0 Å². The molecule has 0 amide bonds. The standard InChI is InChI=1S/C8H17N3O2/c9-8(11-12)10-4-1-5-13-6-7-2-3-7/h7,12H,1-6H2,(H3,9,10,11). The summed E-state index contributed by atoms with van der Waals surface area (Å²) in [6.07, 6.45) is 3.48. The van der Waals surface area contributed by atoms with Crippen molar-refractivity contribution in [2.45, 2.75) is 19.3 Å². The summed E-state index contributed by atoms with van der Waals surface area (Å²) in [4.78, 5) is 3.83. The van der Waals surface area contributed by atoms with Gasteiger partial charge in [-0.2, -0.15) is 0 Å². The van der Waals surface area contributed by atoms with Crippen molar-refractivity contribution in [3.8, 4) is 0 Å². The first kappa shape index (κ1) is 10.3. The van der Waals surface area contributed by atoms with Crippen LogP contribution in [-0.2, 0) is 4.74 Å². The van der Waals surface area contributed by atoms with Gasteiger partial charge < -0.3 is 10.5 Å². The maximum absolute atomic E-state index is 8.28. The van der Waals surface area contributed by atoms with Gasteiger partial charge in [-0.05, 0) is 25.2 Å². The van der Waals surface area contributed by atoms with E-state index in [0.29, 0.717) is 6.54 Å². The predicted molar refractivity (Wildman–Crippen MR) is 49.6 cm³/mol. The van der Waals surface area contributed by atoms with Crippen LogP contribution in [0.2, 0.25) is 0 Å². The van der Waals surface area contributed by atoms with E-state index in [0.717, 1.165) is 25.6 Å². The lowest BCUT2D eigenvalue weighted by Crippen LogP contribution is -2.28. The number of hydrogen-bond acceptors (Lipinski definition) is 3. The Bertz CT molecular complexity index is 169. The molecule has 0 aromatic rings. The number of rotatable bonds is 6. The van der Waals surface area contributed by atoms with Gasteiger partial charge in [0.05, 0.1) is 0 Å². The number of hydroxylamine groups is 1. The van der Waals surface area contributed by atoms with Crippen molar-refractivity contribution in [3.05, 3.63) is 0 Å². The first-order valence-corrected chi connectivity index (χ1v) is 4.60. The minimum absolute atomic E-state index is 0.0576. The Morgan fingerprint density at radius 1 is 1.62 bits per heavy atom. The van der Waals surface area contributed by atoms with Crippen LogP contribution in [0, 0.1) is 5.92 Å². The third-order valence-electron chi connectivity index (χ3n) is 1.89. The third kappa shape index (κ3) is 5.43. The Labute approximate surface area is 77.9 Å². The molecule has 1 aliphatic rings. The maximum Gasteiger partial charge on any atom is 0.212 e. The number of nitrogens with one attached hydrogen (secondary N) is 1. The SMILES string of the molecule is NC(=NCCCOCC1CC1)NO. The smallest absolute Gasteiger partial charge is 0.212 e. The molecule has 0 atom stereocenters. The molecule has 0 aromatic heterocycles. The van der Waals surface area contributed by atoms with Crippen LogP contribution in [0.15, 0.2) is 4.99 Å². The lowest BCUT2D eigenvalue weighted by Gasteiger charge is -2.01. The molecule has 0 spiro atoms. The van der Waals surface area contributed by atoms with Crippen LogP contribution in [0.1, 0.15) is 19.3 Å². The van der Waals surface area contributed by atoms with Crippen molar-refractivity contribution in [2.24, 2.45) is 16.6 Å². The van der Waals surface area contributed by atoms with E-state index in [4.69, 9.17) is 15.7 Å². The number of aliphatic imine (C=N–C) groups is 1. The second-order valence-corrected chi connectivity index (χ2v) is 3.25. The Morgan fingerprint density at radius 2 is 2.38 bits per heavy atom. The van der Waals surface area contributed by atoms with E-state index in [1.54, 1.807) is 5.48 Å². The predicted octanol–water partition coefficient (Wildman–Crippen LogP) is 0.0966. The highest BCUT2D eigenvalue weighted by Crippen LogP contribution is 2.28. The summed E-state index contributed by atoms with van der Waals surface area (Å²) >= 11 is 0. The van der Waals surface area contributed by atoms with Crippen LogP contribution in [0.3, 0.4) is 0 Å². The minimum atomic E-state index is 0.0576. The summed E-state index contributed by atoms with van der Waals surface area (Å²) in [5, 5.41) is 8.28. The molecule has 0 unspecified atom stereocenters. The second-order valence-electron chi connectivity index (χ2n) is 3.25. The zero-order valence-corrected chi connectivity index (χ0v) is 7.70. The molecule has 76 valence electrons. The van der Waals surface area contributed by atoms with Crippen LogP contribution in [-0.4, -0.2) is 30.9 Å². The van der Waals surface area contributed by atoms with Crippen LogP contribution in [0.4, 0.5) is 0 Å². The van der Waals surface area contributed by atoms with E-state index in [-0.39, 0.29) is 5.96 Å². The molecule has 0 aliphatic heterocycles. The highest BCUT2D eigenvalue weighted by atomic mass is 16.5. The van der Waals surface area contributed by atoms with E-state index in [9.17, 15) is 0 Å². The summed E-state index contributed by atoms with van der Waals surface area (Å²) in [5.41, 5.74) is 6.97. The van der Waals surface area contributed by atoms with Gasteiger partial charge in [-0.25, -0.2) is 5.48 Å². The van der Waals surface area contributed by atoms with Crippen molar-refractivity contribution >= 4 is 5.96 Å². The van der Waals surface area contributed by atoms with Gasteiger partial charge in [0.1, 0.15) is 0 Å². The lowest BCUT2D eigenvalue weighted by atomic mass is 10.4. The van der Waals surface area contributed by atoms with Crippen molar-refractivity contribution in [2.75, 3.05) is 19.8 Å². The van der Waals surface area contributed by atoms with Gasteiger partial charge >= 0.3 is 0 Å². The summed E-state index contributed by atoms with van der Waals surface area (Å²) in [6.45, 7) is 2.19. The molecular weight excluding hydrogens is 170 g/mol. The third-order valence-corrected chi connectivity index (χ3v) is 1.89. The highest BCUT2D eigenvalue weighted by Gasteiger charge is 2.20. The van der Waals surface area contributed by atoms with Crippen molar-refractivity contribution in [3.63, 3.8) is 0 Å². The molecule has 1 saturated carbocycles. The second kappa shape index (κ2) is 5.77. The highest BCUT2D eigenvalue weighted by molar-refractivity contribution is 5.76. The molecule has 0 bridgehead atoms. The van der Waals surface area contributed by atoms with Crippen LogP contribution in [0.25, 0.3) is 0 Å². The molecule has 1 fully saturated rings. The largest absolute Gasteiger partial charge is 0.381 e. The number of ether oxygens (including phenoxy) is 1. The van der Waals surface area contributed by atoms with E-state index in [1.807, 2.05) is 0 Å². The number of hydrogen-bond donors (Lipinski definition) is 3. The monoisotopic (exact) mass is 187 g/mol. The molecule has 13 heavy (non-hydrogen) atoms. The van der Waals surface area contributed by atoms with Gasteiger partial charge in [0, 0.05) is 19.8 Å². The van der Waals surface area contributed by atoms with Crippen LogP contribution >= 0.6 is 0 Å². The maximum atomic E-state index is 8.28. The first-order chi connectivity index (χ1) is 6.33. The van der Waals surface area contributed by atoms with E-state index in [1.165, 1.54) is 12.8 Å². The number of nitrogens with two attached hydrogens (primary N) is 1. The van der Waals surface area contributed by atoms with Crippen LogP contribution < -0.4 is 11.2 Å². The molecule has 1 rings (SSSR count). The van der Waals surface area contributed by atoms with E-state index < -0.39 is 0 Å². The van der Waals surface area contributed by atoms with Gasteiger partial charge in [-0.3, -0.25) is 10.2 Å². The molecular formula is C8H17N3O2. The number of nitrogens with zero attached hydrogens (tertiary/aromatic N) is 1. The summed E-state index contributed by atoms with van der Waals surface area (Å²) in [7, 11) is 0. The van der Waals surface area contributed by atoms with E-state index >= 15 is 0 Å². The Morgan fingerprint density at radius 3 is 3.00 bits per heavy atom. The minimum Gasteiger partial charge on any atom is -0.381 e. The fourth-order valence-electron chi connectivity index (χ4n) is 0.936. The molecule has 5 heteroatoms. The zero-order chi connectivity index (χ0) is 9.52. The van der Waals surface area contributed by atoms with Gasteiger partial charge in [0.15, 0.2) is 0 Å². The molecule has 0 aromatic carbocycles. The first-order valence-electron chi connectivity index (χ1n) is 4.60. The average molecular weight is 187 g/mol. The zero-order valence-electron chi connectivity index (χ0n) is 7.70. The topological polar surface area (TPSA) is 79.9 Å². The molecule has 5 nitrogen and oxygen atoms in total. The van der Waals surface area contributed by atoms with E-state index in [2.05, 4.69) is 4.99 Å². The normalized spacial score (nSPS) is 17.5. The molecule has 1 aliphatic carbocycles. The van der Waals surface area contributed by atoms with Crippen molar-refractivity contribution in [1.29, 1.82) is 0 Å². The lowest BCUT2D eigenvalue weighted by molar-refractivity contribution is 0.123. The van der Waals surface area contributed by atoms with Crippen molar-refractivity contribution in [1.82, 2.24) is 5.48 Å². The van der Waals surface area contributed by atoms with Gasteiger partial charge in [0.2, 0.25) is 5.96 Å². The molecule has 0 heterocycles. The average Bonchev–Trinajstić information content (AvgIpc) is 2.94. The Balaban J connectivity index is 1.82. The summed E-state index contributed by atoms with van der Waals surface area (Å²) in [6, 6.07) is 0. The van der Waals surface area contributed by atoms with Crippen molar-refractivity contribution < 1.29 is 9.94 Å².